The first-order valence-corrected chi connectivity index (χ1v) is 6.24. The monoisotopic (exact) mass is 236 g/mol. The Morgan fingerprint density at radius 2 is 2.35 bits per heavy atom. The second kappa shape index (κ2) is 6.03. The van der Waals surface area contributed by atoms with Gasteiger partial charge in [0.2, 0.25) is 0 Å². The minimum atomic E-state index is 0.0247. The standard InChI is InChI=1S/C14H20O3/c1-11-4-5-14(12(9-11)10-15)17-8-6-13-3-2-7-16-13/h4-5,9,13,15H,2-3,6-8,10H2,1H3. The Kier molecular flexibility index (Phi) is 4.40. The van der Waals surface area contributed by atoms with E-state index in [-0.39, 0.29) is 6.61 Å². The number of aliphatic hydroxyl groups is 1. The highest BCUT2D eigenvalue weighted by Gasteiger charge is 2.15. The third kappa shape index (κ3) is 3.45. The Hall–Kier alpha value is -1.06. The van der Waals surface area contributed by atoms with E-state index in [4.69, 9.17) is 9.47 Å². The van der Waals surface area contributed by atoms with E-state index in [9.17, 15) is 5.11 Å². The maximum absolute atomic E-state index is 9.25. The van der Waals surface area contributed by atoms with E-state index in [0.29, 0.717) is 12.7 Å². The lowest BCUT2D eigenvalue weighted by molar-refractivity contribution is 0.0900. The predicted molar refractivity (Wildman–Crippen MR) is 66.2 cm³/mol. The van der Waals surface area contributed by atoms with Crippen molar-refractivity contribution in [1.29, 1.82) is 0 Å². The van der Waals surface area contributed by atoms with Gasteiger partial charge in [-0.1, -0.05) is 17.7 Å². The van der Waals surface area contributed by atoms with Crippen molar-refractivity contribution < 1.29 is 14.6 Å². The van der Waals surface area contributed by atoms with Crippen LogP contribution in [-0.2, 0) is 11.3 Å². The number of hydrogen-bond donors (Lipinski definition) is 1. The van der Waals surface area contributed by atoms with Crippen molar-refractivity contribution in [2.75, 3.05) is 13.2 Å². The lowest BCUT2D eigenvalue weighted by Gasteiger charge is -2.13. The van der Waals surface area contributed by atoms with Crippen LogP contribution >= 0.6 is 0 Å². The normalized spacial score (nSPS) is 19.5. The van der Waals surface area contributed by atoms with Crippen LogP contribution in [0.25, 0.3) is 0 Å². The topological polar surface area (TPSA) is 38.7 Å². The van der Waals surface area contributed by atoms with Crippen molar-refractivity contribution >= 4 is 0 Å². The van der Waals surface area contributed by atoms with Crippen LogP contribution in [0.4, 0.5) is 0 Å². The smallest absolute Gasteiger partial charge is 0.124 e. The summed E-state index contributed by atoms with van der Waals surface area (Å²) in [7, 11) is 0. The van der Waals surface area contributed by atoms with Crippen molar-refractivity contribution in [2.45, 2.75) is 38.9 Å². The highest BCUT2D eigenvalue weighted by atomic mass is 16.5. The molecule has 0 saturated carbocycles. The molecule has 17 heavy (non-hydrogen) atoms. The van der Waals surface area contributed by atoms with Crippen LogP contribution in [0.15, 0.2) is 18.2 Å². The number of hydrogen-bond acceptors (Lipinski definition) is 3. The maximum atomic E-state index is 9.25. The van der Waals surface area contributed by atoms with Crippen LogP contribution in [0.5, 0.6) is 5.75 Å². The summed E-state index contributed by atoms with van der Waals surface area (Å²) in [6.07, 6.45) is 3.60. The second-order valence-corrected chi connectivity index (χ2v) is 4.54. The van der Waals surface area contributed by atoms with E-state index in [1.807, 2.05) is 25.1 Å². The summed E-state index contributed by atoms with van der Waals surface area (Å²) in [6.45, 7) is 3.57. The van der Waals surface area contributed by atoms with Gasteiger partial charge in [-0.25, -0.2) is 0 Å². The molecule has 3 nitrogen and oxygen atoms in total. The molecular formula is C14H20O3. The third-order valence-corrected chi connectivity index (χ3v) is 3.11. The van der Waals surface area contributed by atoms with Crippen LogP contribution in [-0.4, -0.2) is 24.4 Å². The van der Waals surface area contributed by atoms with E-state index in [1.54, 1.807) is 0 Å². The van der Waals surface area contributed by atoms with Gasteiger partial charge in [0.05, 0.1) is 19.3 Å². The summed E-state index contributed by atoms with van der Waals surface area (Å²) in [5.41, 5.74) is 2.00. The van der Waals surface area contributed by atoms with E-state index in [0.717, 1.165) is 42.7 Å². The van der Waals surface area contributed by atoms with Gasteiger partial charge in [-0.05, 0) is 25.8 Å². The van der Waals surface area contributed by atoms with Crippen molar-refractivity contribution in [3.63, 3.8) is 0 Å². The molecule has 1 N–H and O–H groups in total. The van der Waals surface area contributed by atoms with E-state index < -0.39 is 0 Å². The lowest BCUT2D eigenvalue weighted by atomic mass is 10.1. The Balaban J connectivity index is 1.85. The molecule has 0 spiro atoms. The minimum Gasteiger partial charge on any atom is -0.493 e. The molecule has 0 amide bonds. The Labute approximate surface area is 102 Å². The molecule has 1 aliphatic heterocycles. The molecule has 3 heteroatoms. The zero-order chi connectivity index (χ0) is 12.1. The molecule has 1 fully saturated rings. The van der Waals surface area contributed by atoms with Gasteiger partial charge in [-0.15, -0.1) is 0 Å². The fraction of sp³-hybridized carbons (Fsp3) is 0.571. The molecule has 0 bridgehead atoms. The Morgan fingerprint density at radius 3 is 3.06 bits per heavy atom. The van der Waals surface area contributed by atoms with E-state index in [1.165, 1.54) is 0 Å². The molecular weight excluding hydrogens is 216 g/mol. The summed E-state index contributed by atoms with van der Waals surface area (Å²) < 4.78 is 11.2. The molecule has 1 saturated heterocycles. The second-order valence-electron chi connectivity index (χ2n) is 4.54. The first kappa shape index (κ1) is 12.4. The molecule has 1 aromatic rings. The largest absolute Gasteiger partial charge is 0.493 e. The SMILES string of the molecule is Cc1ccc(OCCC2CCCO2)c(CO)c1. The van der Waals surface area contributed by atoms with E-state index in [2.05, 4.69) is 0 Å². The molecule has 1 unspecified atom stereocenters. The summed E-state index contributed by atoms with van der Waals surface area (Å²) in [4.78, 5) is 0. The molecule has 1 heterocycles. The Morgan fingerprint density at radius 1 is 1.47 bits per heavy atom. The summed E-state index contributed by atoms with van der Waals surface area (Å²) >= 11 is 0. The van der Waals surface area contributed by atoms with Crippen molar-refractivity contribution in [2.24, 2.45) is 0 Å². The first-order valence-electron chi connectivity index (χ1n) is 6.24. The van der Waals surface area contributed by atoms with Gasteiger partial charge < -0.3 is 14.6 Å². The van der Waals surface area contributed by atoms with Crippen LogP contribution in [0.1, 0.15) is 30.4 Å². The van der Waals surface area contributed by atoms with Gasteiger partial charge in [0.1, 0.15) is 5.75 Å². The van der Waals surface area contributed by atoms with Crippen molar-refractivity contribution in [3.05, 3.63) is 29.3 Å². The quantitative estimate of drug-likeness (QED) is 0.853. The summed E-state index contributed by atoms with van der Waals surface area (Å²) in [6, 6.07) is 5.89. The third-order valence-electron chi connectivity index (χ3n) is 3.11. The molecule has 0 aliphatic carbocycles. The van der Waals surface area contributed by atoms with Gasteiger partial charge >= 0.3 is 0 Å². The molecule has 0 aromatic heterocycles. The zero-order valence-corrected chi connectivity index (χ0v) is 10.3. The first-order chi connectivity index (χ1) is 8.29. The van der Waals surface area contributed by atoms with Gasteiger partial charge in [0.25, 0.3) is 0 Å². The maximum Gasteiger partial charge on any atom is 0.124 e. The number of aliphatic hydroxyl groups excluding tert-OH is 1. The molecule has 1 aromatic carbocycles. The number of aryl methyl sites for hydroxylation is 1. The average molecular weight is 236 g/mol. The molecule has 94 valence electrons. The van der Waals surface area contributed by atoms with Crippen LogP contribution < -0.4 is 4.74 Å². The predicted octanol–water partition coefficient (Wildman–Crippen LogP) is 2.44. The van der Waals surface area contributed by atoms with Crippen LogP contribution in [0, 0.1) is 6.92 Å². The minimum absolute atomic E-state index is 0.0247. The van der Waals surface area contributed by atoms with Gasteiger partial charge in [0.15, 0.2) is 0 Å². The molecule has 1 atom stereocenters. The van der Waals surface area contributed by atoms with Crippen LogP contribution in [0.2, 0.25) is 0 Å². The zero-order valence-electron chi connectivity index (χ0n) is 10.3. The molecule has 2 rings (SSSR count). The summed E-state index contributed by atoms with van der Waals surface area (Å²) in [5, 5.41) is 9.25. The lowest BCUT2D eigenvalue weighted by Crippen LogP contribution is -2.11. The summed E-state index contributed by atoms with van der Waals surface area (Å²) in [5.74, 6) is 0.788. The number of ether oxygens (including phenoxy) is 2. The fourth-order valence-electron chi connectivity index (χ4n) is 2.14. The highest BCUT2D eigenvalue weighted by Crippen LogP contribution is 2.21. The van der Waals surface area contributed by atoms with Crippen LogP contribution in [0.3, 0.4) is 0 Å². The molecule has 1 aliphatic rings. The van der Waals surface area contributed by atoms with Crippen molar-refractivity contribution in [3.8, 4) is 5.75 Å². The highest BCUT2D eigenvalue weighted by molar-refractivity contribution is 5.36. The molecule has 0 radical (unpaired) electrons. The Bertz CT molecular complexity index is 356. The average Bonchev–Trinajstić information content (AvgIpc) is 2.84. The van der Waals surface area contributed by atoms with E-state index >= 15 is 0 Å². The van der Waals surface area contributed by atoms with Crippen molar-refractivity contribution in [1.82, 2.24) is 0 Å². The fourth-order valence-corrected chi connectivity index (χ4v) is 2.14. The number of rotatable bonds is 5. The van der Waals surface area contributed by atoms with Gasteiger partial charge in [0, 0.05) is 18.6 Å². The van der Waals surface area contributed by atoms with Gasteiger partial charge in [-0.2, -0.15) is 0 Å². The number of benzene rings is 1. The van der Waals surface area contributed by atoms with Gasteiger partial charge in [-0.3, -0.25) is 0 Å².